The molecule has 0 fully saturated rings. The van der Waals surface area contributed by atoms with Crippen LogP contribution in [-0.2, 0) is 6.61 Å². The zero-order chi connectivity index (χ0) is 10.7. The van der Waals surface area contributed by atoms with Crippen LogP contribution in [0.2, 0.25) is 0 Å². The first kappa shape index (κ1) is 9.74. The van der Waals surface area contributed by atoms with Crippen molar-refractivity contribution in [2.75, 3.05) is 0 Å². The fourth-order valence-corrected chi connectivity index (χ4v) is 1.46. The van der Waals surface area contributed by atoms with Crippen LogP contribution in [0, 0.1) is 6.07 Å². The van der Waals surface area contributed by atoms with Crippen molar-refractivity contribution in [2.45, 2.75) is 6.61 Å². The molecule has 0 aliphatic carbocycles. The van der Waals surface area contributed by atoms with E-state index in [2.05, 4.69) is 6.07 Å². The number of hydrogen-bond donors (Lipinski definition) is 2. The largest absolute Gasteiger partial charge is 0.507 e. The van der Waals surface area contributed by atoms with Crippen LogP contribution in [0.3, 0.4) is 0 Å². The van der Waals surface area contributed by atoms with E-state index in [1.165, 1.54) is 6.07 Å². The predicted molar refractivity (Wildman–Crippen MR) is 58.3 cm³/mol. The number of aliphatic hydroxyl groups is 1. The minimum atomic E-state index is 0.0365. The van der Waals surface area contributed by atoms with Gasteiger partial charge >= 0.3 is 0 Å². The van der Waals surface area contributed by atoms with E-state index in [0.29, 0.717) is 0 Å². The van der Waals surface area contributed by atoms with Gasteiger partial charge in [-0.15, -0.1) is 0 Å². The lowest BCUT2D eigenvalue weighted by Crippen LogP contribution is -1.83. The lowest BCUT2D eigenvalue weighted by atomic mass is 10.0. The fourth-order valence-electron chi connectivity index (χ4n) is 1.46. The summed E-state index contributed by atoms with van der Waals surface area (Å²) in [7, 11) is 0. The van der Waals surface area contributed by atoms with Crippen molar-refractivity contribution in [2.24, 2.45) is 0 Å². The highest BCUT2D eigenvalue weighted by Gasteiger charge is 2.02. The quantitative estimate of drug-likeness (QED) is 0.779. The van der Waals surface area contributed by atoms with Crippen LogP contribution in [0.25, 0.3) is 11.1 Å². The summed E-state index contributed by atoms with van der Waals surface area (Å²) >= 11 is 0. The maximum absolute atomic E-state index is 9.61. The van der Waals surface area contributed by atoms with Gasteiger partial charge in [0.05, 0.1) is 6.61 Å². The highest BCUT2D eigenvalue weighted by Crippen LogP contribution is 2.28. The van der Waals surface area contributed by atoms with Crippen molar-refractivity contribution in [3.8, 4) is 16.9 Å². The summed E-state index contributed by atoms with van der Waals surface area (Å²) in [6, 6.07) is 15.3. The maximum atomic E-state index is 9.61. The van der Waals surface area contributed by atoms with Gasteiger partial charge in [-0.2, -0.15) is 0 Å². The molecule has 2 heteroatoms. The summed E-state index contributed by atoms with van der Waals surface area (Å²) < 4.78 is 0. The Bertz CT molecular complexity index is 446. The van der Waals surface area contributed by atoms with Crippen molar-refractivity contribution in [1.82, 2.24) is 0 Å². The van der Waals surface area contributed by atoms with E-state index < -0.39 is 0 Å². The van der Waals surface area contributed by atoms with Crippen LogP contribution in [0.15, 0.2) is 42.5 Å². The molecular weight excluding hydrogens is 188 g/mol. The number of rotatable bonds is 2. The summed E-state index contributed by atoms with van der Waals surface area (Å²) in [5.41, 5.74) is 2.57. The Kier molecular flexibility index (Phi) is 2.70. The van der Waals surface area contributed by atoms with Gasteiger partial charge in [-0.1, -0.05) is 36.4 Å². The smallest absolute Gasteiger partial charge is 0.124 e. The number of benzene rings is 2. The van der Waals surface area contributed by atoms with Gasteiger partial charge in [-0.3, -0.25) is 0 Å². The van der Waals surface area contributed by atoms with Crippen molar-refractivity contribution in [3.05, 3.63) is 54.1 Å². The predicted octanol–water partition coefficient (Wildman–Crippen LogP) is 2.35. The summed E-state index contributed by atoms with van der Waals surface area (Å²) in [6.07, 6.45) is 0. The van der Waals surface area contributed by atoms with Crippen molar-refractivity contribution < 1.29 is 10.2 Å². The Morgan fingerprint density at radius 2 is 1.80 bits per heavy atom. The monoisotopic (exact) mass is 199 g/mol. The van der Waals surface area contributed by atoms with Crippen LogP contribution in [-0.4, -0.2) is 10.2 Å². The minimum Gasteiger partial charge on any atom is -0.507 e. The van der Waals surface area contributed by atoms with E-state index in [4.69, 9.17) is 5.11 Å². The Morgan fingerprint density at radius 3 is 2.40 bits per heavy atom. The lowest BCUT2D eigenvalue weighted by molar-refractivity contribution is 0.282. The second-order valence-corrected chi connectivity index (χ2v) is 3.30. The summed E-state index contributed by atoms with van der Waals surface area (Å²) in [5.74, 6) is 0.217. The molecule has 0 amide bonds. The molecule has 2 rings (SSSR count). The molecule has 2 nitrogen and oxygen atoms in total. The molecule has 0 aliphatic rings. The molecule has 2 aromatic rings. The van der Waals surface area contributed by atoms with Gasteiger partial charge in [-0.25, -0.2) is 0 Å². The van der Waals surface area contributed by atoms with Gasteiger partial charge in [0, 0.05) is 5.56 Å². The molecule has 0 heterocycles. The first-order valence-corrected chi connectivity index (χ1v) is 4.70. The molecule has 0 atom stereocenters. The standard InChI is InChI=1S/C13H11O2/c14-9-10-5-7-11(8-6-10)12-3-1-2-4-13(12)15/h1,3-8,14-15H,9H2. The Hall–Kier alpha value is -1.80. The molecule has 2 N–H and O–H groups in total. The maximum Gasteiger partial charge on any atom is 0.124 e. The normalized spacial score (nSPS) is 10.2. The van der Waals surface area contributed by atoms with E-state index in [1.807, 2.05) is 30.3 Å². The van der Waals surface area contributed by atoms with E-state index in [9.17, 15) is 5.11 Å². The Balaban J connectivity index is 2.42. The van der Waals surface area contributed by atoms with Crippen molar-refractivity contribution in [3.63, 3.8) is 0 Å². The van der Waals surface area contributed by atoms with E-state index >= 15 is 0 Å². The number of aliphatic hydroxyl groups excluding tert-OH is 1. The topological polar surface area (TPSA) is 40.5 Å². The van der Waals surface area contributed by atoms with Gasteiger partial charge < -0.3 is 10.2 Å². The molecule has 75 valence electrons. The molecule has 1 radical (unpaired) electrons. The highest BCUT2D eigenvalue weighted by molar-refractivity contribution is 5.69. The summed E-state index contributed by atoms with van der Waals surface area (Å²) in [4.78, 5) is 0. The average Bonchev–Trinajstić information content (AvgIpc) is 2.30. The third-order valence-electron chi connectivity index (χ3n) is 2.29. The molecule has 2 aromatic carbocycles. The van der Waals surface area contributed by atoms with Gasteiger partial charge in [0.1, 0.15) is 5.75 Å². The van der Waals surface area contributed by atoms with Crippen molar-refractivity contribution in [1.29, 1.82) is 0 Å². The fraction of sp³-hybridized carbons (Fsp3) is 0.0769. The van der Waals surface area contributed by atoms with E-state index in [-0.39, 0.29) is 12.4 Å². The second kappa shape index (κ2) is 4.15. The molecule has 0 unspecified atom stereocenters. The molecule has 15 heavy (non-hydrogen) atoms. The van der Waals surface area contributed by atoms with Gasteiger partial charge in [0.2, 0.25) is 0 Å². The highest BCUT2D eigenvalue weighted by atomic mass is 16.3. The van der Waals surface area contributed by atoms with Gasteiger partial charge in [0.25, 0.3) is 0 Å². The summed E-state index contributed by atoms with van der Waals surface area (Å²) in [5, 5.41) is 18.5. The second-order valence-electron chi connectivity index (χ2n) is 3.30. The SMILES string of the molecule is OCc1ccc(-c2cc[c]cc2O)cc1. The lowest BCUT2D eigenvalue weighted by Gasteiger charge is -2.04. The Morgan fingerprint density at radius 1 is 1.07 bits per heavy atom. The number of phenolic OH excluding ortho intramolecular Hbond substituents is 1. The molecule has 0 aromatic heterocycles. The number of phenols is 1. The molecule has 0 saturated heterocycles. The van der Waals surface area contributed by atoms with Crippen LogP contribution in [0.5, 0.6) is 5.75 Å². The molecular formula is C13H11O2. The van der Waals surface area contributed by atoms with Crippen LogP contribution in [0.4, 0.5) is 0 Å². The first-order valence-electron chi connectivity index (χ1n) is 4.70. The zero-order valence-corrected chi connectivity index (χ0v) is 8.14. The summed E-state index contributed by atoms with van der Waals surface area (Å²) in [6.45, 7) is 0.0365. The average molecular weight is 199 g/mol. The van der Waals surface area contributed by atoms with E-state index in [0.717, 1.165) is 16.7 Å². The van der Waals surface area contributed by atoms with Crippen LogP contribution >= 0.6 is 0 Å². The van der Waals surface area contributed by atoms with Gasteiger partial charge in [-0.05, 0) is 23.3 Å². The van der Waals surface area contributed by atoms with Crippen molar-refractivity contribution >= 4 is 0 Å². The minimum absolute atomic E-state index is 0.0365. The van der Waals surface area contributed by atoms with Gasteiger partial charge in [0.15, 0.2) is 0 Å². The molecule has 0 spiro atoms. The number of aromatic hydroxyl groups is 1. The third kappa shape index (κ3) is 2.00. The van der Waals surface area contributed by atoms with Crippen LogP contribution in [0.1, 0.15) is 5.56 Å². The zero-order valence-electron chi connectivity index (χ0n) is 8.14. The third-order valence-corrected chi connectivity index (χ3v) is 2.29. The van der Waals surface area contributed by atoms with Crippen LogP contribution < -0.4 is 0 Å². The molecule has 0 bridgehead atoms. The molecule has 0 aliphatic heterocycles. The first-order chi connectivity index (χ1) is 7.31. The Labute approximate surface area is 88.4 Å². The molecule has 0 saturated carbocycles. The number of hydrogen-bond acceptors (Lipinski definition) is 2. The van der Waals surface area contributed by atoms with E-state index in [1.54, 1.807) is 6.07 Å².